The van der Waals surface area contributed by atoms with Crippen molar-refractivity contribution in [3.63, 3.8) is 0 Å². The Morgan fingerprint density at radius 2 is 1.63 bits per heavy atom. The molecular formula is C22H29N5O7S. The molecule has 0 aliphatic heterocycles. The molecule has 2 rings (SSSR count). The molecule has 0 saturated heterocycles. The first-order chi connectivity index (χ1) is 16.5. The molecule has 0 fully saturated rings. The molecule has 0 spiro atoms. The van der Waals surface area contributed by atoms with Crippen molar-refractivity contribution in [3.8, 4) is 0 Å². The Morgan fingerprint density at radius 1 is 1.00 bits per heavy atom. The highest BCUT2D eigenvalue weighted by Crippen LogP contribution is 2.19. The van der Waals surface area contributed by atoms with Crippen LogP contribution in [0, 0.1) is 0 Å². The van der Waals surface area contributed by atoms with Crippen LogP contribution in [0.3, 0.4) is 0 Å². The highest BCUT2D eigenvalue weighted by atomic mass is 32.1. The van der Waals surface area contributed by atoms with Crippen LogP contribution in [-0.2, 0) is 30.4 Å². The molecule has 1 aromatic carbocycles. The number of aromatic nitrogens is 1. The van der Waals surface area contributed by atoms with Crippen molar-refractivity contribution < 1.29 is 34.2 Å². The number of benzene rings is 1. The SMILES string of the molecule is CC(NC(=O)C(CS)NC(=O)C(Cc1c[nH]c2ccccc12)NC(=O)C(N)CCC(=O)O)C(=O)O. The van der Waals surface area contributed by atoms with E-state index < -0.39 is 53.8 Å². The summed E-state index contributed by atoms with van der Waals surface area (Å²) in [6, 6.07) is 2.66. The lowest BCUT2D eigenvalue weighted by Gasteiger charge is -2.24. The van der Waals surface area contributed by atoms with E-state index in [0.717, 1.165) is 10.9 Å². The molecule has 0 radical (unpaired) electrons. The van der Waals surface area contributed by atoms with Gasteiger partial charge in [-0.05, 0) is 25.0 Å². The van der Waals surface area contributed by atoms with E-state index in [1.807, 2.05) is 24.3 Å². The molecule has 1 heterocycles. The summed E-state index contributed by atoms with van der Waals surface area (Å²) in [5.41, 5.74) is 7.33. The van der Waals surface area contributed by atoms with E-state index in [9.17, 15) is 24.0 Å². The largest absolute Gasteiger partial charge is 0.481 e. The van der Waals surface area contributed by atoms with Gasteiger partial charge in [-0.25, -0.2) is 0 Å². The van der Waals surface area contributed by atoms with Crippen molar-refractivity contribution in [1.29, 1.82) is 0 Å². The van der Waals surface area contributed by atoms with E-state index >= 15 is 0 Å². The molecule has 12 nitrogen and oxygen atoms in total. The van der Waals surface area contributed by atoms with Crippen molar-refractivity contribution in [2.45, 2.75) is 50.4 Å². The number of thiol groups is 1. The molecule has 2 aromatic rings. The van der Waals surface area contributed by atoms with Crippen LogP contribution in [0.4, 0.5) is 0 Å². The summed E-state index contributed by atoms with van der Waals surface area (Å²) >= 11 is 4.07. The summed E-state index contributed by atoms with van der Waals surface area (Å²) in [6.07, 6.45) is 1.29. The molecule has 13 heteroatoms. The van der Waals surface area contributed by atoms with Crippen LogP contribution >= 0.6 is 12.6 Å². The average Bonchev–Trinajstić information content (AvgIpc) is 3.22. The lowest BCUT2D eigenvalue weighted by Crippen LogP contribution is -2.58. The van der Waals surface area contributed by atoms with E-state index in [1.54, 1.807) is 6.20 Å². The van der Waals surface area contributed by atoms with Crippen LogP contribution in [0.5, 0.6) is 0 Å². The van der Waals surface area contributed by atoms with Crippen molar-refractivity contribution in [3.05, 3.63) is 36.0 Å². The van der Waals surface area contributed by atoms with E-state index in [0.29, 0.717) is 5.56 Å². The van der Waals surface area contributed by atoms with E-state index in [-0.39, 0.29) is 25.0 Å². The van der Waals surface area contributed by atoms with Crippen molar-refractivity contribution in [2.75, 3.05) is 5.75 Å². The standard InChI is InChI=1S/C22H29N5O7S/c1-11(22(33)34)25-21(32)17(10-35)27-20(31)16(26-19(30)14(23)6-7-18(28)29)8-12-9-24-15-5-3-2-4-13(12)15/h2-5,9,11,14,16-17,24,35H,6-8,10,23H2,1H3,(H,25,32)(H,26,30)(H,27,31)(H,28,29)(H,33,34). The number of aliphatic carboxylic acids is 2. The minimum absolute atomic E-state index is 0.0413. The molecule has 4 atom stereocenters. The van der Waals surface area contributed by atoms with Crippen LogP contribution in [-0.4, -0.2) is 74.8 Å². The molecule has 0 aliphatic rings. The second kappa shape index (κ2) is 12.8. The number of carboxylic acids is 2. The zero-order valence-electron chi connectivity index (χ0n) is 19.0. The van der Waals surface area contributed by atoms with Crippen LogP contribution < -0.4 is 21.7 Å². The number of rotatable bonds is 13. The van der Waals surface area contributed by atoms with Gasteiger partial charge in [0.15, 0.2) is 0 Å². The van der Waals surface area contributed by atoms with Crippen LogP contribution in [0.15, 0.2) is 30.5 Å². The first kappa shape index (κ1) is 27.7. The fourth-order valence-corrected chi connectivity index (χ4v) is 3.52. The molecule has 0 aliphatic carbocycles. The Kier molecular flexibility index (Phi) is 10.1. The molecule has 35 heavy (non-hydrogen) atoms. The minimum atomic E-state index is -1.25. The predicted octanol–water partition coefficient (Wildman–Crippen LogP) is -0.609. The number of aromatic amines is 1. The molecular weight excluding hydrogens is 478 g/mol. The molecule has 190 valence electrons. The van der Waals surface area contributed by atoms with Gasteiger partial charge in [0, 0.05) is 35.7 Å². The Balaban J connectivity index is 2.21. The number of hydrogen-bond donors (Lipinski definition) is 8. The van der Waals surface area contributed by atoms with Gasteiger partial charge in [-0.15, -0.1) is 0 Å². The maximum absolute atomic E-state index is 13.1. The van der Waals surface area contributed by atoms with Gasteiger partial charge >= 0.3 is 11.9 Å². The molecule has 1 aromatic heterocycles. The van der Waals surface area contributed by atoms with Gasteiger partial charge in [-0.3, -0.25) is 24.0 Å². The van der Waals surface area contributed by atoms with Gasteiger partial charge < -0.3 is 36.9 Å². The van der Waals surface area contributed by atoms with Gasteiger partial charge in [-0.2, -0.15) is 12.6 Å². The number of hydrogen-bond acceptors (Lipinski definition) is 7. The summed E-state index contributed by atoms with van der Waals surface area (Å²) < 4.78 is 0. The van der Waals surface area contributed by atoms with Crippen molar-refractivity contribution in [2.24, 2.45) is 5.73 Å². The smallest absolute Gasteiger partial charge is 0.325 e. The summed E-state index contributed by atoms with van der Waals surface area (Å²) in [6.45, 7) is 1.27. The zero-order valence-corrected chi connectivity index (χ0v) is 19.9. The first-order valence-electron chi connectivity index (χ1n) is 10.8. The average molecular weight is 508 g/mol. The number of H-pyrrole nitrogens is 1. The second-order valence-corrected chi connectivity index (χ2v) is 8.34. The van der Waals surface area contributed by atoms with Crippen molar-refractivity contribution >= 4 is 53.2 Å². The molecule has 0 bridgehead atoms. The molecule has 3 amide bonds. The monoisotopic (exact) mass is 507 g/mol. The number of carboxylic acid groups (broad SMARTS) is 2. The summed E-state index contributed by atoms with van der Waals surface area (Å²) in [5.74, 6) is -4.68. The third-order valence-corrected chi connectivity index (χ3v) is 5.65. The number of carbonyl (C=O) groups excluding carboxylic acids is 3. The normalized spacial score (nSPS) is 14.4. The van der Waals surface area contributed by atoms with Crippen LogP contribution in [0.25, 0.3) is 10.9 Å². The fourth-order valence-electron chi connectivity index (χ4n) is 3.26. The van der Waals surface area contributed by atoms with Crippen LogP contribution in [0.1, 0.15) is 25.3 Å². The summed E-state index contributed by atoms with van der Waals surface area (Å²) in [4.78, 5) is 63.0. The Morgan fingerprint density at radius 3 is 2.26 bits per heavy atom. The quantitative estimate of drug-likeness (QED) is 0.164. The van der Waals surface area contributed by atoms with E-state index in [4.69, 9.17) is 15.9 Å². The first-order valence-corrected chi connectivity index (χ1v) is 11.4. The lowest BCUT2D eigenvalue weighted by atomic mass is 10.0. The van der Waals surface area contributed by atoms with Crippen molar-refractivity contribution in [1.82, 2.24) is 20.9 Å². The van der Waals surface area contributed by atoms with Gasteiger partial charge in [0.1, 0.15) is 18.1 Å². The Labute approximate surface area is 206 Å². The molecule has 0 saturated carbocycles. The molecule has 8 N–H and O–H groups in total. The number of nitrogens with two attached hydrogens (primary N) is 1. The van der Waals surface area contributed by atoms with Gasteiger partial charge in [0.25, 0.3) is 0 Å². The number of amides is 3. The minimum Gasteiger partial charge on any atom is -0.481 e. The maximum atomic E-state index is 13.1. The number of carbonyl (C=O) groups is 5. The van der Waals surface area contributed by atoms with Crippen LogP contribution in [0.2, 0.25) is 0 Å². The topological polar surface area (TPSA) is 204 Å². The highest BCUT2D eigenvalue weighted by Gasteiger charge is 2.29. The van der Waals surface area contributed by atoms with Gasteiger partial charge in [0.2, 0.25) is 17.7 Å². The summed E-state index contributed by atoms with van der Waals surface area (Å²) in [5, 5.41) is 25.9. The maximum Gasteiger partial charge on any atom is 0.325 e. The van der Waals surface area contributed by atoms with E-state index in [1.165, 1.54) is 6.92 Å². The summed E-state index contributed by atoms with van der Waals surface area (Å²) in [7, 11) is 0. The molecule has 4 unspecified atom stereocenters. The van der Waals surface area contributed by atoms with Gasteiger partial charge in [-0.1, -0.05) is 18.2 Å². The highest BCUT2D eigenvalue weighted by molar-refractivity contribution is 7.80. The third kappa shape index (κ3) is 8.00. The Bertz CT molecular complexity index is 1090. The Hall–Kier alpha value is -3.58. The fraction of sp³-hybridized carbons (Fsp3) is 0.409. The number of nitrogens with one attached hydrogen (secondary N) is 4. The lowest BCUT2D eigenvalue weighted by molar-refractivity contribution is -0.141. The zero-order chi connectivity index (χ0) is 26.1. The predicted molar refractivity (Wildman–Crippen MR) is 130 cm³/mol. The number of para-hydroxylation sites is 1. The number of fused-ring (bicyclic) bond motifs is 1. The second-order valence-electron chi connectivity index (χ2n) is 7.98. The van der Waals surface area contributed by atoms with E-state index in [2.05, 4.69) is 33.6 Å². The third-order valence-electron chi connectivity index (χ3n) is 5.28. The van der Waals surface area contributed by atoms with Gasteiger partial charge in [0.05, 0.1) is 6.04 Å².